The van der Waals surface area contributed by atoms with Crippen molar-refractivity contribution in [3.05, 3.63) is 45.8 Å². The van der Waals surface area contributed by atoms with E-state index in [2.05, 4.69) is 12.2 Å². The molecule has 0 unspecified atom stereocenters. The second kappa shape index (κ2) is 7.27. The second-order valence-electron chi connectivity index (χ2n) is 6.23. The van der Waals surface area contributed by atoms with Gasteiger partial charge >= 0.3 is 5.97 Å². The number of rotatable bonds is 4. The van der Waals surface area contributed by atoms with Gasteiger partial charge in [-0.3, -0.25) is 4.79 Å². The monoisotopic (exact) mass is 359 g/mol. The molecular weight excluding hydrogens is 338 g/mol. The van der Waals surface area contributed by atoms with Gasteiger partial charge in [-0.1, -0.05) is 6.92 Å². The molecule has 5 nitrogen and oxygen atoms in total. The van der Waals surface area contributed by atoms with Crippen LogP contribution in [-0.2, 0) is 17.6 Å². The number of amides is 1. The minimum Gasteiger partial charge on any atom is -0.497 e. The van der Waals surface area contributed by atoms with E-state index in [1.807, 2.05) is 0 Å². The standard InChI is InChI=1S/C19H21NO4S/c1-11-4-9-14-15(10-11)25-18(16(14)19(22)24-3)20-17(21)12-5-7-13(23-2)8-6-12/h5-8,11H,4,9-10H2,1-3H3,(H,20,21)/t11-/m0/s1. The van der Waals surface area contributed by atoms with Crippen LogP contribution in [0.4, 0.5) is 5.00 Å². The molecule has 0 aliphatic heterocycles. The van der Waals surface area contributed by atoms with Crippen molar-refractivity contribution in [3.63, 3.8) is 0 Å². The van der Waals surface area contributed by atoms with Gasteiger partial charge in [-0.15, -0.1) is 11.3 Å². The Morgan fingerprint density at radius 3 is 2.56 bits per heavy atom. The van der Waals surface area contributed by atoms with Gasteiger partial charge in [0.1, 0.15) is 10.8 Å². The Labute approximate surface area is 151 Å². The van der Waals surface area contributed by atoms with E-state index in [1.165, 1.54) is 23.3 Å². The molecule has 1 atom stereocenters. The molecule has 0 bridgehead atoms. The molecule has 2 aromatic rings. The maximum atomic E-state index is 12.6. The van der Waals surface area contributed by atoms with E-state index in [-0.39, 0.29) is 5.91 Å². The lowest BCUT2D eigenvalue weighted by Crippen LogP contribution is -2.16. The highest BCUT2D eigenvalue weighted by atomic mass is 32.1. The molecule has 0 fully saturated rings. The van der Waals surface area contributed by atoms with E-state index in [0.29, 0.717) is 27.8 Å². The molecule has 25 heavy (non-hydrogen) atoms. The van der Waals surface area contributed by atoms with Crippen LogP contribution < -0.4 is 10.1 Å². The van der Waals surface area contributed by atoms with Gasteiger partial charge in [0.2, 0.25) is 0 Å². The van der Waals surface area contributed by atoms with E-state index in [4.69, 9.17) is 9.47 Å². The van der Waals surface area contributed by atoms with Crippen LogP contribution in [0.15, 0.2) is 24.3 Å². The van der Waals surface area contributed by atoms with Gasteiger partial charge < -0.3 is 14.8 Å². The zero-order chi connectivity index (χ0) is 18.0. The number of methoxy groups -OCH3 is 2. The van der Waals surface area contributed by atoms with Gasteiger partial charge in [0.25, 0.3) is 5.91 Å². The summed E-state index contributed by atoms with van der Waals surface area (Å²) in [5.74, 6) is 0.630. The van der Waals surface area contributed by atoms with Crippen LogP contribution in [0.3, 0.4) is 0 Å². The van der Waals surface area contributed by atoms with E-state index < -0.39 is 5.97 Å². The summed E-state index contributed by atoms with van der Waals surface area (Å²) in [6.45, 7) is 2.20. The molecule has 0 spiro atoms. The Bertz CT molecular complexity index is 795. The predicted octanol–water partition coefficient (Wildman–Crippen LogP) is 3.92. The van der Waals surface area contributed by atoms with E-state index in [0.717, 1.165) is 24.8 Å². The molecule has 6 heteroatoms. The number of thiophene rings is 1. The molecule has 132 valence electrons. The summed E-state index contributed by atoms with van der Waals surface area (Å²) >= 11 is 1.48. The average molecular weight is 359 g/mol. The van der Waals surface area contributed by atoms with E-state index >= 15 is 0 Å². The van der Waals surface area contributed by atoms with Crippen molar-refractivity contribution in [2.45, 2.75) is 26.2 Å². The summed E-state index contributed by atoms with van der Waals surface area (Å²) in [4.78, 5) is 26.0. The highest BCUT2D eigenvalue weighted by molar-refractivity contribution is 7.17. The third-order valence-electron chi connectivity index (χ3n) is 4.48. The third-order valence-corrected chi connectivity index (χ3v) is 5.65. The van der Waals surface area contributed by atoms with Crippen molar-refractivity contribution in [2.24, 2.45) is 5.92 Å². The molecule has 0 radical (unpaired) electrons. The number of ether oxygens (including phenoxy) is 2. The molecule has 1 amide bonds. The highest BCUT2D eigenvalue weighted by Gasteiger charge is 2.29. The Kier molecular flexibility index (Phi) is 5.08. The molecule has 1 aliphatic carbocycles. The molecule has 1 aliphatic rings. The van der Waals surface area contributed by atoms with Crippen LogP contribution in [0.5, 0.6) is 5.75 Å². The number of fused-ring (bicyclic) bond motifs is 1. The fourth-order valence-electron chi connectivity index (χ4n) is 3.07. The maximum Gasteiger partial charge on any atom is 0.341 e. The van der Waals surface area contributed by atoms with Crippen molar-refractivity contribution in [1.29, 1.82) is 0 Å². The average Bonchev–Trinajstić information content (AvgIpc) is 2.97. The van der Waals surface area contributed by atoms with E-state index in [9.17, 15) is 9.59 Å². The summed E-state index contributed by atoms with van der Waals surface area (Å²) in [6, 6.07) is 6.86. The number of hydrogen-bond acceptors (Lipinski definition) is 5. The zero-order valence-corrected chi connectivity index (χ0v) is 15.4. The highest BCUT2D eigenvalue weighted by Crippen LogP contribution is 2.40. The molecular formula is C19H21NO4S. The van der Waals surface area contributed by atoms with Crippen molar-refractivity contribution in [2.75, 3.05) is 19.5 Å². The first-order valence-electron chi connectivity index (χ1n) is 8.21. The van der Waals surface area contributed by atoms with Gasteiger partial charge in [-0.25, -0.2) is 4.79 Å². The quantitative estimate of drug-likeness (QED) is 0.841. The summed E-state index contributed by atoms with van der Waals surface area (Å²) in [5, 5.41) is 3.47. The van der Waals surface area contributed by atoms with Crippen molar-refractivity contribution >= 4 is 28.2 Å². The molecule has 0 saturated heterocycles. The lowest BCUT2D eigenvalue weighted by atomic mass is 9.88. The Morgan fingerprint density at radius 1 is 1.20 bits per heavy atom. The van der Waals surface area contributed by atoms with Crippen LogP contribution in [0.25, 0.3) is 0 Å². The molecule has 1 aromatic carbocycles. The molecule has 1 heterocycles. The summed E-state index contributed by atoms with van der Waals surface area (Å²) < 4.78 is 10.1. The zero-order valence-electron chi connectivity index (χ0n) is 14.5. The van der Waals surface area contributed by atoms with Crippen LogP contribution >= 0.6 is 11.3 Å². The number of anilines is 1. The Morgan fingerprint density at radius 2 is 1.92 bits per heavy atom. The lowest BCUT2D eigenvalue weighted by molar-refractivity contribution is 0.0601. The fraction of sp³-hybridized carbons (Fsp3) is 0.368. The number of hydrogen-bond donors (Lipinski definition) is 1. The molecule has 3 rings (SSSR count). The number of benzene rings is 1. The summed E-state index contributed by atoms with van der Waals surface area (Å²) in [7, 11) is 2.95. The molecule has 1 aromatic heterocycles. The van der Waals surface area contributed by atoms with Crippen molar-refractivity contribution < 1.29 is 19.1 Å². The van der Waals surface area contributed by atoms with Gasteiger partial charge in [0, 0.05) is 10.4 Å². The number of carbonyl (C=O) groups excluding carboxylic acids is 2. The van der Waals surface area contributed by atoms with Crippen LogP contribution in [-0.4, -0.2) is 26.1 Å². The van der Waals surface area contributed by atoms with Gasteiger partial charge in [-0.05, 0) is 55.0 Å². The minimum absolute atomic E-state index is 0.251. The normalized spacial score (nSPS) is 16.0. The summed E-state index contributed by atoms with van der Waals surface area (Å²) in [5.41, 5.74) is 2.05. The number of nitrogens with one attached hydrogen (secondary N) is 1. The van der Waals surface area contributed by atoms with Crippen molar-refractivity contribution in [1.82, 2.24) is 0 Å². The third kappa shape index (κ3) is 3.54. The Balaban J connectivity index is 1.90. The lowest BCUT2D eigenvalue weighted by Gasteiger charge is -2.18. The van der Waals surface area contributed by atoms with Crippen LogP contribution in [0.2, 0.25) is 0 Å². The largest absolute Gasteiger partial charge is 0.497 e. The first-order chi connectivity index (χ1) is 12.0. The maximum absolute atomic E-state index is 12.6. The second-order valence-corrected chi connectivity index (χ2v) is 7.34. The van der Waals surface area contributed by atoms with E-state index in [1.54, 1.807) is 31.4 Å². The smallest absolute Gasteiger partial charge is 0.341 e. The predicted molar refractivity (Wildman–Crippen MR) is 97.8 cm³/mol. The van der Waals surface area contributed by atoms with Gasteiger partial charge in [0.15, 0.2) is 0 Å². The van der Waals surface area contributed by atoms with Crippen LogP contribution in [0.1, 0.15) is 44.5 Å². The van der Waals surface area contributed by atoms with Crippen molar-refractivity contribution in [3.8, 4) is 5.75 Å². The SMILES string of the molecule is COC(=O)c1c(NC(=O)c2ccc(OC)cc2)sc2c1CC[C@H](C)C2. The molecule has 1 N–H and O–H groups in total. The first kappa shape index (κ1) is 17.5. The molecule has 0 saturated carbocycles. The number of carbonyl (C=O) groups is 2. The summed E-state index contributed by atoms with van der Waals surface area (Å²) in [6.07, 6.45) is 2.82. The Hall–Kier alpha value is -2.34. The van der Waals surface area contributed by atoms with Gasteiger partial charge in [0.05, 0.1) is 19.8 Å². The number of esters is 1. The first-order valence-corrected chi connectivity index (χ1v) is 9.03. The van der Waals surface area contributed by atoms with Crippen LogP contribution in [0, 0.1) is 5.92 Å². The topological polar surface area (TPSA) is 64.6 Å². The minimum atomic E-state index is -0.392. The van der Waals surface area contributed by atoms with Gasteiger partial charge in [-0.2, -0.15) is 0 Å². The fourth-order valence-corrected chi connectivity index (χ4v) is 4.47.